The van der Waals surface area contributed by atoms with Crippen molar-refractivity contribution in [2.45, 2.75) is 137 Å². The second-order valence-corrected chi connectivity index (χ2v) is 19.8. The predicted octanol–water partition coefficient (Wildman–Crippen LogP) is 7.11. The van der Waals surface area contributed by atoms with Crippen LogP contribution in [0.3, 0.4) is 0 Å². The number of carboxylic acid groups (broad SMARTS) is 1. The van der Waals surface area contributed by atoms with E-state index in [-0.39, 0.29) is 43.1 Å². The number of likely N-dealkylation sites (tertiary alicyclic amines) is 1. The van der Waals surface area contributed by atoms with Gasteiger partial charge >= 0.3 is 12.1 Å². The molecule has 5 atom stereocenters. The zero-order valence-corrected chi connectivity index (χ0v) is 37.0. The fourth-order valence-electron chi connectivity index (χ4n) is 8.51. The number of hydrogen-bond donors (Lipinski definition) is 3. The first-order chi connectivity index (χ1) is 28.1. The summed E-state index contributed by atoms with van der Waals surface area (Å²) in [6.07, 6.45) is 4.09. The van der Waals surface area contributed by atoms with Gasteiger partial charge in [-0.3, -0.25) is 14.4 Å². The number of nitrogens with zero attached hydrogens (tertiary/aromatic N) is 3. The minimum atomic E-state index is -1.53. The molecule has 2 aliphatic carbocycles. The zero-order chi connectivity index (χ0) is 43.9. The van der Waals surface area contributed by atoms with Crippen molar-refractivity contribution < 1.29 is 43.3 Å². The van der Waals surface area contributed by atoms with Crippen LogP contribution in [-0.2, 0) is 30.3 Å². The van der Waals surface area contributed by atoms with Gasteiger partial charge in [0, 0.05) is 41.2 Å². The number of alkyl carbamates (subject to hydrolysis) is 1. The number of aromatic nitrogens is 2. The molecule has 1 unspecified atom stereocenters. The van der Waals surface area contributed by atoms with Crippen molar-refractivity contribution in [1.82, 2.24) is 25.5 Å². The van der Waals surface area contributed by atoms with Crippen LogP contribution in [0.5, 0.6) is 11.5 Å². The Kier molecular flexibility index (Phi) is 12.7. The number of thiazole rings is 1. The summed E-state index contributed by atoms with van der Waals surface area (Å²) in [7, 11) is 1.60. The highest BCUT2D eigenvalue weighted by Gasteiger charge is 2.61. The van der Waals surface area contributed by atoms with Crippen LogP contribution in [0.25, 0.3) is 22.3 Å². The molecule has 1 saturated heterocycles. The molecule has 60 heavy (non-hydrogen) atoms. The molecule has 15 heteroatoms. The van der Waals surface area contributed by atoms with Gasteiger partial charge in [-0.25, -0.2) is 19.6 Å². The molecule has 324 valence electrons. The SMILES string of the molecule is C=CC1C[C@]1(NC(=O)[C@@H]1C[C@@H](Oc2cc(-c3csc(CC(=O)CC(C)(C)C)n3)nc3c(C)c(OC)c(C)cc23)CN1C(=O)[C@@H](NC(=O)OC1CCCC1)C(C)(C)C)C(=O)O. The van der Waals surface area contributed by atoms with Crippen molar-refractivity contribution in [3.63, 3.8) is 0 Å². The summed E-state index contributed by atoms with van der Waals surface area (Å²) in [5.41, 5.74) is 0.816. The summed E-state index contributed by atoms with van der Waals surface area (Å²) in [5, 5.41) is 18.9. The number of ether oxygens (including phenoxy) is 3. The van der Waals surface area contributed by atoms with Gasteiger partial charge in [-0.2, -0.15) is 0 Å². The minimum absolute atomic E-state index is 0.0272. The molecule has 2 saturated carbocycles. The highest BCUT2D eigenvalue weighted by Crippen LogP contribution is 2.45. The number of carboxylic acids is 1. The van der Waals surface area contributed by atoms with Crippen molar-refractivity contribution >= 4 is 51.9 Å². The van der Waals surface area contributed by atoms with E-state index in [9.17, 15) is 29.1 Å². The third-order valence-corrected chi connectivity index (χ3v) is 12.5. The summed E-state index contributed by atoms with van der Waals surface area (Å²) in [5.74, 6) is -1.63. The maximum absolute atomic E-state index is 14.7. The number of aryl methyl sites for hydroxylation is 2. The Morgan fingerprint density at radius 1 is 1.05 bits per heavy atom. The number of aliphatic carboxylic acids is 1. The largest absolute Gasteiger partial charge is 0.496 e. The molecular weight excluding hydrogens is 787 g/mol. The molecular formula is C45H59N5O9S. The number of Topliss-reactive ketones (excluding diaryl/α,β-unsaturated/α-hetero) is 1. The van der Waals surface area contributed by atoms with Crippen molar-refractivity contribution in [2.24, 2.45) is 16.7 Å². The van der Waals surface area contributed by atoms with Crippen LogP contribution in [0, 0.1) is 30.6 Å². The highest BCUT2D eigenvalue weighted by atomic mass is 32.1. The van der Waals surface area contributed by atoms with Crippen molar-refractivity contribution in [3.05, 3.63) is 46.3 Å². The van der Waals surface area contributed by atoms with Crippen LogP contribution in [0.1, 0.15) is 103 Å². The van der Waals surface area contributed by atoms with Crippen molar-refractivity contribution in [1.29, 1.82) is 0 Å². The number of ketones is 1. The van der Waals surface area contributed by atoms with Crippen LogP contribution in [0.4, 0.5) is 4.79 Å². The number of benzene rings is 1. The van der Waals surface area contributed by atoms with Gasteiger partial charge in [0.2, 0.25) is 11.8 Å². The lowest BCUT2D eigenvalue weighted by Crippen LogP contribution is -2.59. The first-order valence-electron chi connectivity index (χ1n) is 20.7. The number of amides is 3. The third kappa shape index (κ3) is 9.61. The number of fused-ring (bicyclic) bond motifs is 1. The number of methoxy groups -OCH3 is 1. The molecule has 3 aliphatic rings. The smallest absolute Gasteiger partial charge is 0.408 e. The normalized spacial score (nSPS) is 22.3. The molecule has 3 N–H and O–H groups in total. The van der Waals surface area contributed by atoms with Gasteiger partial charge < -0.3 is 34.9 Å². The van der Waals surface area contributed by atoms with Gasteiger partial charge in [-0.05, 0) is 68.4 Å². The van der Waals surface area contributed by atoms with E-state index in [4.69, 9.17) is 24.2 Å². The molecule has 3 heterocycles. The van der Waals surface area contributed by atoms with Crippen LogP contribution < -0.4 is 20.1 Å². The second kappa shape index (κ2) is 17.1. The third-order valence-electron chi connectivity index (χ3n) is 11.6. The number of pyridine rings is 1. The number of carbonyl (C=O) groups is 5. The summed E-state index contributed by atoms with van der Waals surface area (Å²) >= 11 is 1.38. The van der Waals surface area contributed by atoms with Gasteiger partial charge in [0.15, 0.2) is 0 Å². The Morgan fingerprint density at radius 2 is 1.75 bits per heavy atom. The molecule has 6 rings (SSSR count). The fraction of sp³-hybridized carbons (Fsp3) is 0.578. The molecule has 14 nitrogen and oxygen atoms in total. The highest BCUT2D eigenvalue weighted by molar-refractivity contribution is 7.10. The van der Waals surface area contributed by atoms with E-state index in [1.807, 2.05) is 66.8 Å². The number of hydrogen-bond acceptors (Lipinski definition) is 11. The Labute approximate surface area is 355 Å². The minimum Gasteiger partial charge on any atom is -0.496 e. The lowest BCUT2D eigenvalue weighted by atomic mass is 9.85. The van der Waals surface area contributed by atoms with Gasteiger partial charge in [0.05, 0.1) is 31.3 Å². The summed E-state index contributed by atoms with van der Waals surface area (Å²) < 4.78 is 18.2. The van der Waals surface area contributed by atoms with Gasteiger partial charge in [-0.1, -0.05) is 47.6 Å². The van der Waals surface area contributed by atoms with Crippen LogP contribution in [-0.4, -0.2) is 93.1 Å². The second-order valence-electron chi connectivity index (χ2n) is 18.9. The molecule has 1 aromatic carbocycles. The lowest BCUT2D eigenvalue weighted by molar-refractivity contribution is -0.146. The Bertz CT molecular complexity index is 2180. The molecule has 0 spiro atoms. The first kappa shape index (κ1) is 44.5. The monoisotopic (exact) mass is 845 g/mol. The van der Waals surface area contributed by atoms with Gasteiger partial charge in [-0.15, -0.1) is 17.9 Å². The Balaban J connectivity index is 1.35. The summed E-state index contributed by atoms with van der Waals surface area (Å²) in [4.78, 5) is 78.7. The van der Waals surface area contributed by atoms with E-state index in [0.29, 0.717) is 45.2 Å². The molecule has 3 fully saturated rings. The molecule has 3 aromatic rings. The Morgan fingerprint density at radius 3 is 2.35 bits per heavy atom. The van der Waals surface area contributed by atoms with E-state index in [1.54, 1.807) is 13.2 Å². The molecule has 1 aliphatic heterocycles. The average Bonchev–Trinajstić information content (AvgIpc) is 3.56. The average molecular weight is 846 g/mol. The van der Waals surface area contributed by atoms with Crippen molar-refractivity contribution in [3.8, 4) is 22.9 Å². The first-order valence-corrected chi connectivity index (χ1v) is 21.6. The van der Waals surface area contributed by atoms with Crippen LogP contribution >= 0.6 is 11.3 Å². The zero-order valence-electron chi connectivity index (χ0n) is 36.2. The van der Waals surface area contributed by atoms with Gasteiger partial charge in [0.1, 0.15) is 57.8 Å². The molecule has 3 amide bonds. The number of carbonyl (C=O) groups excluding carboxylic acids is 4. The molecule has 0 radical (unpaired) electrons. The fourth-order valence-corrected chi connectivity index (χ4v) is 9.33. The quantitative estimate of drug-likeness (QED) is 0.141. The maximum atomic E-state index is 14.7. The topological polar surface area (TPSA) is 186 Å². The van der Waals surface area contributed by atoms with E-state index >= 15 is 0 Å². The summed E-state index contributed by atoms with van der Waals surface area (Å²) in [6, 6.07) is 1.47. The lowest BCUT2D eigenvalue weighted by Gasteiger charge is -2.35. The molecule has 2 aromatic heterocycles. The van der Waals surface area contributed by atoms with E-state index in [2.05, 4.69) is 17.2 Å². The molecule has 0 bridgehead atoms. The van der Waals surface area contributed by atoms with Crippen LogP contribution in [0.15, 0.2) is 30.2 Å². The maximum Gasteiger partial charge on any atom is 0.408 e. The predicted molar refractivity (Wildman–Crippen MR) is 228 cm³/mol. The summed E-state index contributed by atoms with van der Waals surface area (Å²) in [6.45, 7) is 19.1. The number of rotatable bonds is 14. The van der Waals surface area contributed by atoms with Gasteiger partial charge in [0.25, 0.3) is 0 Å². The van der Waals surface area contributed by atoms with Crippen LogP contribution in [0.2, 0.25) is 0 Å². The standard InChI is InChI=1S/C45H59N5O9S/c1-11-26-20-45(26,41(54)55)49-39(52)33-18-29(22-50(33)40(53)38(44(7,8)9)48-42(56)59-28-14-12-13-15-28)58-34-19-31(47-36-25(3)37(57-10)24(2)16-30(34)36)32-23-60-35(46-32)17-27(51)21-43(4,5)6/h11,16,19,23,26,28-29,33,38H,1,12-15,17-18,20-22H2,2-10H3,(H,48,56)(H,49,52)(H,54,55)/t26?,29-,33+,38-,45-/m1/s1. The van der Waals surface area contributed by atoms with Crippen molar-refractivity contribution in [2.75, 3.05) is 13.7 Å². The van der Waals surface area contributed by atoms with E-state index in [0.717, 1.165) is 36.8 Å². The Hall–Kier alpha value is -5.05. The number of nitrogens with one attached hydrogen (secondary N) is 2. The van der Waals surface area contributed by atoms with E-state index in [1.165, 1.54) is 22.3 Å². The van der Waals surface area contributed by atoms with E-state index < -0.39 is 58.9 Å².